The second kappa shape index (κ2) is 9.19. The van der Waals surface area contributed by atoms with Crippen molar-refractivity contribution in [3.05, 3.63) is 157 Å². The first kappa shape index (κ1) is 25.6. The molecule has 0 atom stereocenters. The highest BCUT2D eigenvalue weighted by Crippen LogP contribution is 2.58. The van der Waals surface area contributed by atoms with Crippen LogP contribution in [0.4, 0.5) is 0 Å². The number of furan rings is 1. The molecule has 0 bridgehead atoms. The SMILES string of the molecule is CC1(C)c2ccccc2-c2c(-c3c4ccccc4c(-c4ccccc4)c4ccccc34)cc3c(oc4c5ccccc5ccc34)c21. The van der Waals surface area contributed by atoms with E-state index in [0.29, 0.717) is 0 Å². The summed E-state index contributed by atoms with van der Waals surface area (Å²) < 4.78 is 7.02. The Balaban J connectivity index is 1.44. The van der Waals surface area contributed by atoms with E-state index in [-0.39, 0.29) is 5.41 Å². The second-order valence-electron chi connectivity index (χ2n) is 13.2. The molecule has 0 spiro atoms. The maximum absolute atomic E-state index is 7.02. The van der Waals surface area contributed by atoms with Crippen molar-refractivity contribution >= 4 is 54.3 Å². The van der Waals surface area contributed by atoms with Crippen LogP contribution >= 0.6 is 0 Å². The van der Waals surface area contributed by atoms with E-state index in [1.807, 2.05) is 0 Å². The van der Waals surface area contributed by atoms with Gasteiger partial charge in [0.15, 0.2) is 0 Å². The minimum absolute atomic E-state index is 0.237. The Morgan fingerprint density at radius 3 is 1.72 bits per heavy atom. The van der Waals surface area contributed by atoms with Crippen LogP contribution < -0.4 is 0 Å². The summed E-state index contributed by atoms with van der Waals surface area (Å²) in [6.45, 7) is 4.72. The van der Waals surface area contributed by atoms with Crippen LogP contribution in [0.15, 0.2) is 150 Å². The van der Waals surface area contributed by atoms with Crippen LogP contribution in [0, 0.1) is 0 Å². The highest BCUT2D eigenvalue weighted by molar-refractivity contribution is 6.25. The van der Waals surface area contributed by atoms with Gasteiger partial charge in [0.25, 0.3) is 0 Å². The smallest absolute Gasteiger partial charge is 0.143 e. The third-order valence-corrected chi connectivity index (χ3v) is 10.4. The Labute approximate surface area is 267 Å². The standard InChI is InChI=1S/C45H30O/c1-45(2)38-23-13-12-22-35(38)41-37(26-36-34-25-24-27-14-6-7-17-29(27)43(34)46-44(36)42(41)45)40-32-20-10-8-18-30(32)39(28-15-4-3-5-16-28)31-19-9-11-21-33(31)40/h3-26H,1-2H3. The molecule has 0 unspecified atom stereocenters. The van der Waals surface area contributed by atoms with Crippen molar-refractivity contribution in [2.45, 2.75) is 19.3 Å². The average Bonchev–Trinajstić information content (AvgIpc) is 3.59. The van der Waals surface area contributed by atoms with E-state index in [1.165, 1.54) is 82.2 Å². The molecule has 8 aromatic carbocycles. The second-order valence-corrected chi connectivity index (χ2v) is 13.2. The lowest BCUT2D eigenvalue weighted by Gasteiger charge is -2.23. The number of fused-ring (bicyclic) bond motifs is 11. The zero-order valence-electron chi connectivity index (χ0n) is 25.8. The summed E-state index contributed by atoms with van der Waals surface area (Å²) in [5.74, 6) is 0. The Morgan fingerprint density at radius 2 is 1.00 bits per heavy atom. The molecule has 216 valence electrons. The summed E-state index contributed by atoms with van der Waals surface area (Å²) in [7, 11) is 0. The highest BCUT2D eigenvalue weighted by atomic mass is 16.3. The number of hydrogen-bond donors (Lipinski definition) is 0. The molecule has 9 aromatic rings. The molecule has 0 N–H and O–H groups in total. The summed E-state index contributed by atoms with van der Waals surface area (Å²) in [5, 5.41) is 9.76. The van der Waals surface area contributed by atoms with Crippen LogP contribution in [-0.4, -0.2) is 0 Å². The molecule has 0 saturated heterocycles. The van der Waals surface area contributed by atoms with Gasteiger partial charge in [0, 0.05) is 27.1 Å². The van der Waals surface area contributed by atoms with Gasteiger partial charge in [-0.05, 0) is 78.0 Å². The molecular formula is C45H30O. The molecule has 0 amide bonds. The number of benzene rings is 8. The van der Waals surface area contributed by atoms with Crippen molar-refractivity contribution < 1.29 is 4.42 Å². The van der Waals surface area contributed by atoms with Gasteiger partial charge in [0.1, 0.15) is 11.2 Å². The summed E-state index contributed by atoms with van der Waals surface area (Å²) in [6.07, 6.45) is 0. The third-order valence-electron chi connectivity index (χ3n) is 10.4. The van der Waals surface area contributed by atoms with Crippen LogP contribution in [0.1, 0.15) is 25.0 Å². The zero-order valence-corrected chi connectivity index (χ0v) is 25.8. The van der Waals surface area contributed by atoms with E-state index in [1.54, 1.807) is 0 Å². The fraction of sp³-hybridized carbons (Fsp3) is 0.0667. The van der Waals surface area contributed by atoms with Crippen molar-refractivity contribution in [3.8, 4) is 33.4 Å². The van der Waals surface area contributed by atoms with E-state index in [2.05, 4.69) is 159 Å². The summed E-state index contributed by atoms with van der Waals surface area (Å²) in [4.78, 5) is 0. The molecule has 0 saturated carbocycles. The Bertz CT molecular complexity index is 2650. The Kier molecular flexibility index (Phi) is 5.12. The summed E-state index contributed by atoms with van der Waals surface area (Å²) in [6, 6.07) is 53.2. The van der Waals surface area contributed by atoms with E-state index in [0.717, 1.165) is 16.6 Å². The van der Waals surface area contributed by atoms with Crippen molar-refractivity contribution in [2.24, 2.45) is 0 Å². The number of hydrogen-bond acceptors (Lipinski definition) is 1. The molecule has 0 radical (unpaired) electrons. The van der Waals surface area contributed by atoms with Crippen molar-refractivity contribution in [3.63, 3.8) is 0 Å². The van der Waals surface area contributed by atoms with Crippen molar-refractivity contribution in [2.75, 3.05) is 0 Å². The van der Waals surface area contributed by atoms with Crippen LogP contribution in [0.5, 0.6) is 0 Å². The van der Waals surface area contributed by atoms with Gasteiger partial charge in [-0.25, -0.2) is 0 Å². The monoisotopic (exact) mass is 586 g/mol. The molecule has 46 heavy (non-hydrogen) atoms. The minimum Gasteiger partial charge on any atom is -0.455 e. The minimum atomic E-state index is -0.237. The fourth-order valence-electron chi connectivity index (χ4n) is 8.43. The molecule has 1 heteroatoms. The molecule has 10 rings (SSSR count). The average molecular weight is 587 g/mol. The van der Waals surface area contributed by atoms with Crippen molar-refractivity contribution in [1.29, 1.82) is 0 Å². The van der Waals surface area contributed by atoms with Crippen LogP contribution in [0.3, 0.4) is 0 Å². The maximum atomic E-state index is 7.02. The van der Waals surface area contributed by atoms with Gasteiger partial charge >= 0.3 is 0 Å². The highest BCUT2D eigenvalue weighted by Gasteiger charge is 2.40. The maximum Gasteiger partial charge on any atom is 0.143 e. The van der Waals surface area contributed by atoms with Gasteiger partial charge in [0.2, 0.25) is 0 Å². The first-order chi connectivity index (χ1) is 22.6. The lowest BCUT2D eigenvalue weighted by atomic mass is 9.79. The first-order valence-corrected chi connectivity index (χ1v) is 16.1. The lowest BCUT2D eigenvalue weighted by Crippen LogP contribution is -2.15. The fourth-order valence-corrected chi connectivity index (χ4v) is 8.43. The molecule has 1 aliphatic rings. The summed E-state index contributed by atoms with van der Waals surface area (Å²) >= 11 is 0. The van der Waals surface area contributed by atoms with Crippen molar-refractivity contribution in [1.82, 2.24) is 0 Å². The van der Waals surface area contributed by atoms with E-state index < -0.39 is 0 Å². The normalized spacial score (nSPS) is 13.6. The van der Waals surface area contributed by atoms with E-state index >= 15 is 0 Å². The Hall–Kier alpha value is -5.66. The van der Waals surface area contributed by atoms with Gasteiger partial charge in [-0.15, -0.1) is 0 Å². The molecular weight excluding hydrogens is 556 g/mol. The zero-order chi connectivity index (χ0) is 30.6. The van der Waals surface area contributed by atoms with Gasteiger partial charge in [0.05, 0.1) is 0 Å². The molecule has 1 aromatic heterocycles. The van der Waals surface area contributed by atoms with Crippen LogP contribution in [-0.2, 0) is 5.41 Å². The largest absolute Gasteiger partial charge is 0.455 e. The molecule has 1 heterocycles. The van der Waals surface area contributed by atoms with Gasteiger partial charge in [-0.2, -0.15) is 0 Å². The quantitative estimate of drug-likeness (QED) is 0.184. The van der Waals surface area contributed by atoms with Crippen LogP contribution in [0.25, 0.3) is 87.6 Å². The van der Waals surface area contributed by atoms with E-state index in [4.69, 9.17) is 4.42 Å². The molecule has 1 nitrogen and oxygen atoms in total. The van der Waals surface area contributed by atoms with Gasteiger partial charge in [-0.1, -0.05) is 147 Å². The molecule has 1 aliphatic carbocycles. The first-order valence-electron chi connectivity index (χ1n) is 16.1. The topological polar surface area (TPSA) is 13.1 Å². The van der Waals surface area contributed by atoms with Crippen LogP contribution in [0.2, 0.25) is 0 Å². The Morgan fingerprint density at radius 1 is 0.413 bits per heavy atom. The molecule has 0 fully saturated rings. The van der Waals surface area contributed by atoms with Gasteiger partial charge < -0.3 is 4.42 Å². The number of rotatable bonds is 2. The van der Waals surface area contributed by atoms with Gasteiger partial charge in [-0.3, -0.25) is 0 Å². The predicted molar refractivity (Wildman–Crippen MR) is 195 cm³/mol. The van der Waals surface area contributed by atoms with E-state index in [9.17, 15) is 0 Å². The third kappa shape index (κ3) is 3.30. The molecule has 0 aliphatic heterocycles. The summed E-state index contributed by atoms with van der Waals surface area (Å²) in [5.41, 5.74) is 12.0. The lowest BCUT2D eigenvalue weighted by molar-refractivity contribution is 0.621. The predicted octanol–water partition coefficient (Wildman–Crippen LogP) is 12.7.